The van der Waals surface area contributed by atoms with E-state index in [0.717, 1.165) is 43.7 Å². The third kappa shape index (κ3) is 5.41. The molecule has 34 heavy (non-hydrogen) atoms. The van der Waals surface area contributed by atoms with Crippen LogP contribution < -0.4 is 20.5 Å². The Balaban J connectivity index is 0.000000486. The third-order valence-corrected chi connectivity index (χ3v) is 6.41. The Labute approximate surface area is 208 Å². The number of hydrogen-bond acceptors (Lipinski definition) is 8. The van der Waals surface area contributed by atoms with Gasteiger partial charge in [0, 0.05) is 54.3 Å². The summed E-state index contributed by atoms with van der Waals surface area (Å²) in [5.41, 5.74) is 7.00. The van der Waals surface area contributed by atoms with Crippen molar-refractivity contribution in [1.29, 1.82) is 0 Å². The Morgan fingerprint density at radius 3 is 2.24 bits per heavy atom. The number of halogens is 2. The van der Waals surface area contributed by atoms with Gasteiger partial charge in [-0.1, -0.05) is 23.2 Å². The van der Waals surface area contributed by atoms with Crippen LogP contribution in [0.3, 0.4) is 0 Å². The first-order chi connectivity index (χ1) is 16.5. The molecule has 0 unspecified atom stereocenters. The fraction of sp³-hybridized carbons (Fsp3) is 0.417. The first-order valence-corrected chi connectivity index (χ1v) is 11.8. The Kier molecular flexibility index (Phi) is 8.15. The molecule has 0 radical (unpaired) electrons. The normalized spacial score (nSPS) is 15.4. The number of pyridine rings is 2. The zero-order valence-corrected chi connectivity index (χ0v) is 20.7. The summed E-state index contributed by atoms with van der Waals surface area (Å²) in [6.45, 7) is 4.20. The van der Waals surface area contributed by atoms with Crippen molar-refractivity contribution in [2.75, 3.05) is 58.2 Å². The van der Waals surface area contributed by atoms with Gasteiger partial charge >= 0.3 is 0 Å². The number of nitrogens with two attached hydrogens (primary N) is 1. The molecule has 0 atom stereocenters. The molecule has 0 amide bonds. The summed E-state index contributed by atoms with van der Waals surface area (Å²) in [5.74, 6) is 2.43. The Morgan fingerprint density at radius 1 is 1.03 bits per heavy atom. The highest BCUT2D eigenvalue weighted by atomic mass is 35.5. The summed E-state index contributed by atoms with van der Waals surface area (Å²) in [5, 5.41) is 5.82. The van der Waals surface area contributed by atoms with Gasteiger partial charge in [0.2, 0.25) is 0 Å². The first-order valence-electron chi connectivity index (χ1n) is 11.1. The highest BCUT2D eigenvalue weighted by Gasteiger charge is 2.22. The molecule has 0 saturated carbocycles. The van der Waals surface area contributed by atoms with Crippen LogP contribution in [-0.4, -0.2) is 57.2 Å². The topological polar surface area (TPSA) is 101 Å². The molecule has 3 N–H and O–H groups in total. The number of ether oxygens (including phenoxy) is 4. The van der Waals surface area contributed by atoms with E-state index in [9.17, 15) is 0 Å². The molecule has 8 nitrogen and oxygen atoms in total. The molecule has 2 aromatic heterocycles. The minimum absolute atomic E-state index is 0.354. The summed E-state index contributed by atoms with van der Waals surface area (Å²) in [6, 6.07) is 5.31. The van der Waals surface area contributed by atoms with Gasteiger partial charge in [-0.15, -0.1) is 0 Å². The molecule has 2 fully saturated rings. The van der Waals surface area contributed by atoms with Gasteiger partial charge in [-0.2, -0.15) is 0 Å². The number of fused-ring (bicyclic) bond motifs is 1. The number of hydrogen-bond donors (Lipinski definition) is 2. The smallest absolute Gasteiger partial charge is 0.141 e. The van der Waals surface area contributed by atoms with Crippen molar-refractivity contribution >= 4 is 45.6 Å². The van der Waals surface area contributed by atoms with E-state index in [2.05, 4.69) is 10.3 Å². The lowest BCUT2D eigenvalue weighted by molar-refractivity contribution is -0.0248. The summed E-state index contributed by atoms with van der Waals surface area (Å²) in [6.07, 6.45) is 4.26. The van der Waals surface area contributed by atoms with Gasteiger partial charge in [0.05, 0.1) is 43.2 Å². The van der Waals surface area contributed by atoms with Gasteiger partial charge < -0.3 is 30.0 Å². The molecule has 0 aliphatic carbocycles. The Morgan fingerprint density at radius 2 is 1.71 bits per heavy atom. The first kappa shape index (κ1) is 24.6. The average molecular weight is 507 g/mol. The van der Waals surface area contributed by atoms with Gasteiger partial charge in [0.15, 0.2) is 0 Å². The van der Waals surface area contributed by atoms with Crippen LogP contribution in [0.25, 0.3) is 22.0 Å². The molecule has 182 valence electrons. The van der Waals surface area contributed by atoms with Crippen molar-refractivity contribution < 1.29 is 18.9 Å². The standard InChI is InChI=1S/C20H20Cl2N4O3.C4H8O/c1-27-14-5-15(28-2)19(22)17(18(14)21)13-3-11-7-24-16(23)4-12(11)20(26-13)25-6-10-8-29-9-10;1-2-4-5-3-1/h3-5,7,10H,6,8-9H2,1-2H3,(H2,23,24)(H,25,26);1-4H2. The van der Waals surface area contributed by atoms with E-state index >= 15 is 0 Å². The van der Waals surface area contributed by atoms with Crippen molar-refractivity contribution in [3.8, 4) is 22.8 Å². The zero-order chi connectivity index (χ0) is 24.1. The second-order valence-corrected chi connectivity index (χ2v) is 8.83. The highest BCUT2D eigenvalue weighted by Crippen LogP contribution is 2.46. The number of nitrogens with zero attached hydrogens (tertiary/aromatic N) is 2. The third-order valence-electron chi connectivity index (χ3n) is 5.66. The van der Waals surface area contributed by atoms with E-state index in [0.29, 0.717) is 50.4 Å². The summed E-state index contributed by atoms with van der Waals surface area (Å²) >= 11 is 13.2. The summed E-state index contributed by atoms with van der Waals surface area (Å²) < 4.78 is 21.0. The maximum absolute atomic E-state index is 6.59. The van der Waals surface area contributed by atoms with Crippen LogP contribution in [0.15, 0.2) is 24.4 Å². The van der Waals surface area contributed by atoms with Crippen molar-refractivity contribution in [1.82, 2.24) is 9.97 Å². The van der Waals surface area contributed by atoms with E-state index < -0.39 is 0 Å². The van der Waals surface area contributed by atoms with Crippen LogP contribution >= 0.6 is 23.2 Å². The molecular formula is C24H28Cl2N4O4. The quantitative estimate of drug-likeness (QED) is 0.478. The summed E-state index contributed by atoms with van der Waals surface area (Å²) in [4.78, 5) is 9.00. The number of anilines is 2. The van der Waals surface area contributed by atoms with E-state index in [-0.39, 0.29) is 0 Å². The van der Waals surface area contributed by atoms with Crippen molar-refractivity contribution in [2.45, 2.75) is 12.8 Å². The number of nitrogen functional groups attached to an aromatic ring is 1. The fourth-order valence-corrected chi connectivity index (χ4v) is 4.38. The molecule has 1 aromatic carbocycles. The van der Waals surface area contributed by atoms with Crippen LogP contribution in [0.2, 0.25) is 10.0 Å². The average Bonchev–Trinajstić information content (AvgIpc) is 3.39. The maximum atomic E-state index is 6.59. The molecular weight excluding hydrogens is 479 g/mol. The molecule has 3 aromatic rings. The second-order valence-electron chi connectivity index (χ2n) is 8.07. The maximum Gasteiger partial charge on any atom is 0.141 e. The van der Waals surface area contributed by atoms with Gasteiger partial charge in [0.1, 0.15) is 23.1 Å². The molecule has 2 aliphatic rings. The molecule has 5 rings (SSSR count). The lowest BCUT2D eigenvalue weighted by Crippen LogP contribution is -2.33. The molecule has 2 aliphatic heterocycles. The molecule has 0 spiro atoms. The molecule has 4 heterocycles. The number of benzene rings is 1. The van der Waals surface area contributed by atoms with Gasteiger partial charge in [0.25, 0.3) is 0 Å². The van der Waals surface area contributed by atoms with Crippen molar-refractivity contribution in [3.05, 3.63) is 34.4 Å². The Bertz CT molecular complexity index is 1120. The summed E-state index contributed by atoms with van der Waals surface area (Å²) in [7, 11) is 3.07. The van der Waals surface area contributed by atoms with Crippen LogP contribution in [0.5, 0.6) is 11.5 Å². The van der Waals surface area contributed by atoms with E-state index in [1.54, 1.807) is 18.3 Å². The Hall–Kier alpha value is -2.52. The second kappa shape index (κ2) is 11.3. The van der Waals surface area contributed by atoms with Crippen LogP contribution in [0.4, 0.5) is 11.6 Å². The van der Waals surface area contributed by atoms with Gasteiger partial charge in [-0.25, -0.2) is 9.97 Å². The highest BCUT2D eigenvalue weighted by molar-refractivity contribution is 6.41. The predicted molar refractivity (Wildman–Crippen MR) is 135 cm³/mol. The molecule has 0 bridgehead atoms. The predicted octanol–water partition coefficient (Wildman–Crippen LogP) is 5.06. The fourth-order valence-electron chi connectivity index (χ4n) is 3.69. The van der Waals surface area contributed by atoms with E-state index in [1.165, 1.54) is 27.1 Å². The molecule has 10 heteroatoms. The number of aromatic nitrogens is 2. The minimum Gasteiger partial charge on any atom is -0.495 e. The van der Waals surface area contributed by atoms with Gasteiger partial charge in [-0.05, 0) is 25.0 Å². The zero-order valence-electron chi connectivity index (χ0n) is 19.2. The van der Waals surface area contributed by atoms with E-state index in [1.807, 2.05) is 6.07 Å². The lowest BCUT2D eigenvalue weighted by atomic mass is 10.1. The minimum atomic E-state index is 0.354. The van der Waals surface area contributed by atoms with Crippen LogP contribution in [0.1, 0.15) is 12.8 Å². The van der Waals surface area contributed by atoms with Crippen molar-refractivity contribution in [3.63, 3.8) is 0 Å². The number of methoxy groups -OCH3 is 2. The molecule has 2 saturated heterocycles. The van der Waals surface area contributed by atoms with Gasteiger partial charge in [-0.3, -0.25) is 0 Å². The van der Waals surface area contributed by atoms with E-state index in [4.69, 9.17) is 52.9 Å². The largest absolute Gasteiger partial charge is 0.495 e. The SMILES string of the molecule is C1CCOC1.COc1cc(OC)c(Cl)c(-c2cc3cnc(N)cc3c(NCC3COC3)n2)c1Cl. The lowest BCUT2D eigenvalue weighted by Gasteiger charge is -2.26. The number of rotatable bonds is 6. The number of nitrogens with one attached hydrogen (secondary N) is 1. The van der Waals surface area contributed by atoms with Crippen LogP contribution in [-0.2, 0) is 9.47 Å². The monoisotopic (exact) mass is 506 g/mol. The van der Waals surface area contributed by atoms with Crippen molar-refractivity contribution in [2.24, 2.45) is 5.92 Å². The van der Waals surface area contributed by atoms with Crippen LogP contribution in [0, 0.1) is 5.92 Å².